The summed E-state index contributed by atoms with van der Waals surface area (Å²) in [5.41, 5.74) is 1.37. The topological polar surface area (TPSA) is 76.3 Å². The summed E-state index contributed by atoms with van der Waals surface area (Å²) in [6.45, 7) is 2.03. The maximum absolute atomic E-state index is 13.4. The summed E-state index contributed by atoms with van der Waals surface area (Å²) in [6.07, 6.45) is 0. The zero-order valence-corrected chi connectivity index (χ0v) is 17.0. The Kier molecular flexibility index (Phi) is 4.44. The number of para-hydroxylation sites is 1. The third kappa shape index (κ3) is 2.87. The van der Waals surface area contributed by atoms with Crippen LogP contribution in [0, 0.1) is 0 Å². The largest absolute Gasteiger partial charge is 0.450 e. The Labute approximate surface area is 174 Å². The minimum absolute atomic E-state index is 0.0717. The number of benzene rings is 2. The Morgan fingerprint density at radius 1 is 1.07 bits per heavy atom. The lowest BCUT2D eigenvalue weighted by atomic mass is 9.99. The number of rotatable bonds is 4. The normalized spacial score (nSPS) is 15.8. The average molecular weight is 422 g/mol. The fourth-order valence-corrected chi connectivity index (χ4v) is 5.31. The third-order valence-electron chi connectivity index (χ3n) is 4.76. The van der Waals surface area contributed by atoms with E-state index in [1.807, 2.05) is 37.3 Å². The van der Waals surface area contributed by atoms with Crippen LogP contribution >= 0.6 is 23.1 Å². The Morgan fingerprint density at radius 2 is 1.83 bits per heavy atom. The molecular weight excluding hydrogens is 406 g/mol. The molecular formula is C21H15N3O3S2. The number of anilines is 1. The first kappa shape index (κ1) is 18.1. The number of hydrogen-bond donors (Lipinski definition) is 0. The predicted octanol–water partition coefficient (Wildman–Crippen LogP) is 4.51. The molecule has 8 heteroatoms. The Hall–Kier alpha value is -2.97. The lowest BCUT2D eigenvalue weighted by molar-refractivity contribution is 0.0970. The number of hydrogen-bond acceptors (Lipinski definition) is 7. The van der Waals surface area contributed by atoms with E-state index in [-0.39, 0.29) is 17.1 Å². The van der Waals surface area contributed by atoms with Crippen LogP contribution in [0.5, 0.6) is 0 Å². The van der Waals surface area contributed by atoms with Crippen LogP contribution in [0.3, 0.4) is 0 Å². The Bertz CT molecular complexity index is 1280. The van der Waals surface area contributed by atoms with Crippen LogP contribution in [0.2, 0.25) is 0 Å². The molecule has 0 N–H and O–H groups in total. The second-order valence-electron chi connectivity index (χ2n) is 6.44. The van der Waals surface area contributed by atoms with Crippen molar-refractivity contribution in [1.29, 1.82) is 0 Å². The highest BCUT2D eigenvalue weighted by Crippen LogP contribution is 2.42. The van der Waals surface area contributed by atoms with Crippen LogP contribution in [0.15, 0.2) is 68.1 Å². The van der Waals surface area contributed by atoms with Crippen molar-refractivity contribution in [2.75, 3.05) is 10.7 Å². The van der Waals surface area contributed by atoms with E-state index in [1.165, 1.54) is 16.2 Å². The minimum atomic E-state index is -0.605. The quantitative estimate of drug-likeness (QED) is 0.357. The van der Waals surface area contributed by atoms with Crippen molar-refractivity contribution in [3.05, 3.63) is 81.7 Å². The van der Waals surface area contributed by atoms with Gasteiger partial charge >= 0.3 is 0 Å². The van der Waals surface area contributed by atoms with Crippen LogP contribution < -0.4 is 10.3 Å². The average Bonchev–Trinajstić information content (AvgIpc) is 3.32. The van der Waals surface area contributed by atoms with Gasteiger partial charge in [0.1, 0.15) is 5.58 Å². The van der Waals surface area contributed by atoms with Gasteiger partial charge in [0.15, 0.2) is 9.77 Å². The highest BCUT2D eigenvalue weighted by Gasteiger charge is 2.45. The predicted molar refractivity (Wildman–Crippen MR) is 114 cm³/mol. The number of aromatic nitrogens is 2. The lowest BCUT2D eigenvalue weighted by Gasteiger charge is -2.21. The molecule has 4 aromatic rings. The van der Waals surface area contributed by atoms with Gasteiger partial charge in [-0.2, -0.15) is 0 Å². The highest BCUT2D eigenvalue weighted by atomic mass is 32.2. The van der Waals surface area contributed by atoms with Gasteiger partial charge in [-0.3, -0.25) is 14.5 Å². The number of carbonyl (C=O) groups is 1. The number of thioether (sulfide) groups is 1. The molecule has 3 heterocycles. The van der Waals surface area contributed by atoms with Crippen molar-refractivity contribution >= 4 is 45.1 Å². The molecule has 0 radical (unpaired) electrons. The van der Waals surface area contributed by atoms with Crippen LogP contribution in [0.25, 0.3) is 11.0 Å². The van der Waals surface area contributed by atoms with Gasteiger partial charge in [0.05, 0.1) is 17.0 Å². The van der Waals surface area contributed by atoms with Crippen LogP contribution in [0.4, 0.5) is 5.13 Å². The summed E-state index contributed by atoms with van der Waals surface area (Å²) in [6, 6.07) is 15.9. The molecule has 2 aromatic heterocycles. The number of nitrogens with zero attached hydrogens (tertiary/aromatic N) is 3. The van der Waals surface area contributed by atoms with E-state index < -0.39 is 6.04 Å². The van der Waals surface area contributed by atoms with Crippen LogP contribution in [0.1, 0.15) is 34.6 Å². The molecule has 2 aromatic carbocycles. The van der Waals surface area contributed by atoms with Crippen LogP contribution in [-0.4, -0.2) is 21.9 Å². The van der Waals surface area contributed by atoms with Crippen molar-refractivity contribution in [2.24, 2.45) is 0 Å². The van der Waals surface area contributed by atoms with Gasteiger partial charge in [-0.1, -0.05) is 72.5 Å². The van der Waals surface area contributed by atoms with Crippen molar-refractivity contribution in [1.82, 2.24) is 10.2 Å². The van der Waals surface area contributed by atoms with Gasteiger partial charge in [-0.05, 0) is 23.4 Å². The molecule has 6 nitrogen and oxygen atoms in total. The molecule has 144 valence electrons. The summed E-state index contributed by atoms with van der Waals surface area (Å²) >= 11 is 2.90. The first-order valence-corrected chi connectivity index (χ1v) is 10.9. The first-order valence-electron chi connectivity index (χ1n) is 9.09. The summed E-state index contributed by atoms with van der Waals surface area (Å²) in [5.74, 6) is 0.555. The van der Waals surface area contributed by atoms with Crippen molar-refractivity contribution in [3.63, 3.8) is 0 Å². The van der Waals surface area contributed by atoms with Crippen LogP contribution in [-0.2, 0) is 0 Å². The SMILES string of the molecule is CCSc1nnc(N2C(=O)c3oc4ccccc4c(=O)c3[C@@H]2c2ccccc2)s1. The fraction of sp³-hybridized carbons (Fsp3) is 0.143. The van der Waals surface area contributed by atoms with E-state index in [9.17, 15) is 9.59 Å². The molecule has 0 aliphatic carbocycles. The number of carbonyl (C=O) groups excluding carboxylic acids is 1. The molecule has 1 aliphatic rings. The molecule has 0 spiro atoms. The van der Waals surface area contributed by atoms with E-state index in [2.05, 4.69) is 10.2 Å². The second-order valence-corrected chi connectivity index (χ2v) is 8.91. The lowest BCUT2D eigenvalue weighted by Crippen LogP contribution is -2.29. The number of fused-ring (bicyclic) bond motifs is 2. The summed E-state index contributed by atoms with van der Waals surface area (Å²) in [7, 11) is 0. The molecule has 5 rings (SSSR count). The van der Waals surface area contributed by atoms with Crippen molar-refractivity contribution in [3.8, 4) is 0 Å². The maximum Gasteiger partial charge on any atom is 0.297 e. The van der Waals surface area contributed by atoms with E-state index >= 15 is 0 Å². The molecule has 1 amide bonds. The van der Waals surface area contributed by atoms with Gasteiger partial charge in [0, 0.05) is 0 Å². The molecule has 0 saturated carbocycles. The smallest absolute Gasteiger partial charge is 0.297 e. The molecule has 0 fully saturated rings. The monoisotopic (exact) mass is 421 g/mol. The molecule has 1 atom stereocenters. The Balaban J connectivity index is 1.76. The zero-order chi connectivity index (χ0) is 20.0. The summed E-state index contributed by atoms with van der Waals surface area (Å²) in [4.78, 5) is 28.3. The van der Waals surface area contributed by atoms with E-state index in [0.29, 0.717) is 21.7 Å². The van der Waals surface area contributed by atoms with E-state index in [4.69, 9.17) is 4.42 Å². The van der Waals surface area contributed by atoms with Gasteiger partial charge in [0.25, 0.3) is 5.91 Å². The highest BCUT2D eigenvalue weighted by molar-refractivity contribution is 8.01. The fourth-order valence-electron chi connectivity index (χ4n) is 3.55. The minimum Gasteiger partial charge on any atom is -0.450 e. The standard InChI is InChI=1S/C21H15N3O3S2/c1-2-28-21-23-22-20(29-21)24-16(12-8-4-3-5-9-12)15-17(25)13-10-6-7-11-14(13)27-18(15)19(24)26/h3-11,16H,2H2,1H3/t16-/m0/s1. The molecule has 0 bridgehead atoms. The molecule has 29 heavy (non-hydrogen) atoms. The van der Waals surface area contributed by atoms with E-state index in [1.54, 1.807) is 36.0 Å². The molecule has 0 unspecified atom stereocenters. The van der Waals surface area contributed by atoms with Crippen molar-refractivity contribution < 1.29 is 9.21 Å². The second kappa shape index (κ2) is 7.13. The maximum atomic E-state index is 13.4. The van der Waals surface area contributed by atoms with Crippen molar-refractivity contribution in [2.45, 2.75) is 17.3 Å². The summed E-state index contributed by atoms with van der Waals surface area (Å²) in [5, 5.41) is 9.33. The van der Waals surface area contributed by atoms with Gasteiger partial charge < -0.3 is 4.42 Å². The zero-order valence-electron chi connectivity index (χ0n) is 15.4. The third-order valence-corrected chi connectivity index (χ3v) is 6.70. The van der Waals surface area contributed by atoms with Gasteiger partial charge in [-0.15, -0.1) is 10.2 Å². The number of amides is 1. The first-order chi connectivity index (χ1) is 14.2. The van der Waals surface area contributed by atoms with E-state index in [0.717, 1.165) is 15.7 Å². The Morgan fingerprint density at radius 3 is 2.62 bits per heavy atom. The summed E-state index contributed by atoms with van der Waals surface area (Å²) < 4.78 is 6.70. The van der Waals surface area contributed by atoms with Gasteiger partial charge in [0.2, 0.25) is 10.9 Å². The molecule has 1 aliphatic heterocycles. The van der Waals surface area contributed by atoms with Gasteiger partial charge in [-0.25, -0.2) is 0 Å². The molecule has 0 saturated heterocycles.